The molecular formula is C14H16BrN3O2. The molecule has 0 saturated heterocycles. The number of benzene rings is 1. The van der Waals surface area contributed by atoms with Crippen LogP contribution in [-0.4, -0.2) is 25.6 Å². The summed E-state index contributed by atoms with van der Waals surface area (Å²) in [7, 11) is 0. The van der Waals surface area contributed by atoms with Gasteiger partial charge in [-0.15, -0.1) is 0 Å². The lowest BCUT2D eigenvalue weighted by Crippen LogP contribution is -2.34. The zero-order valence-electron chi connectivity index (χ0n) is 11.0. The number of nitrogens with one attached hydrogen (secondary N) is 2. The number of carbonyl (C=O) groups is 1. The molecule has 1 heterocycles. The predicted molar refractivity (Wildman–Crippen MR) is 78.3 cm³/mol. The second-order valence-electron chi connectivity index (χ2n) is 4.51. The summed E-state index contributed by atoms with van der Waals surface area (Å²) in [6, 6.07) is 6.06. The largest absolute Gasteiger partial charge is 0.493 e. The van der Waals surface area contributed by atoms with E-state index in [1.54, 1.807) is 0 Å². The van der Waals surface area contributed by atoms with Crippen LogP contribution < -0.4 is 15.4 Å². The van der Waals surface area contributed by atoms with Gasteiger partial charge in [0.25, 0.3) is 0 Å². The molecule has 1 aromatic rings. The highest BCUT2D eigenvalue weighted by Gasteiger charge is 2.17. The van der Waals surface area contributed by atoms with Crippen LogP contribution in [0.1, 0.15) is 17.5 Å². The Balaban J connectivity index is 1.83. The summed E-state index contributed by atoms with van der Waals surface area (Å²) in [4.78, 5) is 11.5. The number of fused-ring (bicyclic) bond motifs is 1. The fourth-order valence-electron chi connectivity index (χ4n) is 2.11. The molecule has 0 radical (unpaired) electrons. The molecule has 106 valence electrons. The maximum absolute atomic E-state index is 11.5. The van der Waals surface area contributed by atoms with Crippen molar-refractivity contribution in [2.24, 2.45) is 0 Å². The first-order valence-electron chi connectivity index (χ1n) is 6.49. The Morgan fingerprint density at radius 1 is 1.50 bits per heavy atom. The average Bonchev–Trinajstić information content (AvgIpc) is 2.87. The minimum atomic E-state index is -0.104. The molecule has 0 bridgehead atoms. The molecule has 1 aromatic carbocycles. The van der Waals surface area contributed by atoms with Crippen LogP contribution in [0.2, 0.25) is 0 Å². The minimum Gasteiger partial charge on any atom is -0.493 e. The van der Waals surface area contributed by atoms with Crippen molar-refractivity contribution in [3.05, 3.63) is 27.7 Å². The Labute approximate surface area is 126 Å². The van der Waals surface area contributed by atoms with E-state index in [1.807, 2.05) is 12.1 Å². The number of halogens is 1. The summed E-state index contributed by atoms with van der Waals surface area (Å²) < 4.78 is 6.65. The fourth-order valence-corrected chi connectivity index (χ4v) is 2.66. The normalized spacial score (nSPS) is 12.4. The number of amides is 1. The number of rotatable bonds is 6. The van der Waals surface area contributed by atoms with Crippen molar-refractivity contribution >= 4 is 21.8 Å². The van der Waals surface area contributed by atoms with Crippen molar-refractivity contribution in [1.29, 1.82) is 5.26 Å². The van der Waals surface area contributed by atoms with Crippen LogP contribution in [0.4, 0.5) is 0 Å². The monoisotopic (exact) mass is 337 g/mol. The van der Waals surface area contributed by atoms with E-state index in [2.05, 4.69) is 32.6 Å². The van der Waals surface area contributed by atoms with Gasteiger partial charge in [0.1, 0.15) is 5.75 Å². The number of hydrogen-bond donors (Lipinski definition) is 2. The molecule has 2 rings (SSSR count). The Morgan fingerprint density at radius 2 is 2.35 bits per heavy atom. The van der Waals surface area contributed by atoms with Crippen LogP contribution in [0.3, 0.4) is 0 Å². The zero-order chi connectivity index (χ0) is 14.4. The van der Waals surface area contributed by atoms with Crippen molar-refractivity contribution in [1.82, 2.24) is 10.6 Å². The summed E-state index contributed by atoms with van der Waals surface area (Å²) in [5, 5.41) is 14.1. The van der Waals surface area contributed by atoms with Gasteiger partial charge in [0.2, 0.25) is 5.91 Å². The molecule has 1 amide bonds. The van der Waals surface area contributed by atoms with Crippen LogP contribution in [0.25, 0.3) is 0 Å². The lowest BCUT2D eigenvalue weighted by molar-refractivity contribution is -0.120. The van der Waals surface area contributed by atoms with Crippen LogP contribution in [0.15, 0.2) is 16.6 Å². The second kappa shape index (κ2) is 7.27. The molecule has 6 heteroatoms. The van der Waals surface area contributed by atoms with Crippen LogP contribution in [-0.2, 0) is 17.8 Å². The standard InChI is InChI=1S/C14H16BrN3O2/c15-12-6-10-2-5-20-14(10)11(7-12)8-17-9-13(19)18-4-1-3-16/h6-7,17H,1-2,4-5,8-9H2,(H,18,19). The third-order valence-corrected chi connectivity index (χ3v) is 3.44. The quantitative estimate of drug-likeness (QED) is 0.771. The molecule has 0 unspecified atom stereocenters. The third kappa shape index (κ3) is 3.95. The molecule has 1 aliphatic rings. The molecule has 0 spiro atoms. The smallest absolute Gasteiger partial charge is 0.234 e. The summed E-state index contributed by atoms with van der Waals surface area (Å²) >= 11 is 3.49. The van der Waals surface area contributed by atoms with Gasteiger partial charge in [-0.25, -0.2) is 0 Å². The van der Waals surface area contributed by atoms with E-state index in [-0.39, 0.29) is 12.5 Å². The number of ether oxygens (including phenoxy) is 1. The summed E-state index contributed by atoms with van der Waals surface area (Å²) in [6.07, 6.45) is 1.26. The number of nitrogens with zero attached hydrogens (tertiary/aromatic N) is 1. The first-order chi connectivity index (χ1) is 9.70. The average molecular weight is 338 g/mol. The van der Waals surface area contributed by atoms with Gasteiger partial charge in [-0.2, -0.15) is 5.26 Å². The van der Waals surface area contributed by atoms with Crippen LogP contribution in [0, 0.1) is 11.3 Å². The van der Waals surface area contributed by atoms with E-state index in [0.717, 1.165) is 22.2 Å². The first kappa shape index (κ1) is 14.8. The first-order valence-corrected chi connectivity index (χ1v) is 7.28. The Kier molecular flexibility index (Phi) is 5.39. The van der Waals surface area contributed by atoms with Gasteiger partial charge in [0.05, 0.1) is 25.6 Å². The second-order valence-corrected chi connectivity index (χ2v) is 5.43. The van der Waals surface area contributed by atoms with Gasteiger partial charge in [-0.1, -0.05) is 15.9 Å². The molecule has 0 aromatic heterocycles. The van der Waals surface area contributed by atoms with Gasteiger partial charge < -0.3 is 15.4 Å². The van der Waals surface area contributed by atoms with Crippen LogP contribution >= 0.6 is 15.9 Å². The van der Waals surface area contributed by atoms with Crippen LogP contribution in [0.5, 0.6) is 5.75 Å². The van der Waals surface area contributed by atoms with Crippen molar-refractivity contribution in [2.45, 2.75) is 19.4 Å². The molecule has 2 N–H and O–H groups in total. The Morgan fingerprint density at radius 3 is 3.15 bits per heavy atom. The lowest BCUT2D eigenvalue weighted by atomic mass is 10.1. The molecule has 0 aliphatic carbocycles. The maximum atomic E-state index is 11.5. The Bertz CT molecular complexity index is 540. The number of nitriles is 1. The van der Waals surface area contributed by atoms with E-state index in [4.69, 9.17) is 10.00 Å². The highest BCUT2D eigenvalue weighted by atomic mass is 79.9. The molecule has 5 nitrogen and oxygen atoms in total. The lowest BCUT2D eigenvalue weighted by Gasteiger charge is -2.10. The van der Waals surface area contributed by atoms with E-state index < -0.39 is 0 Å². The highest BCUT2D eigenvalue weighted by Crippen LogP contribution is 2.32. The summed E-state index contributed by atoms with van der Waals surface area (Å²) in [6.45, 7) is 1.92. The molecule has 0 fully saturated rings. The molecule has 20 heavy (non-hydrogen) atoms. The molecular weight excluding hydrogens is 322 g/mol. The molecule has 0 atom stereocenters. The Hall–Kier alpha value is -1.58. The highest BCUT2D eigenvalue weighted by molar-refractivity contribution is 9.10. The van der Waals surface area contributed by atoms with E-state index >= 15 is 0 Å². The number of hydrogen-bond acceptors (Lipinski definition) is 4. The SMILES string of the molecule is N#CCCNC(=O)CNCc1cc(Br)cc2c1OCC2. The van der Waals surface area contributed by atoms with Gasteiger partial charge in [0, 0.05) is 29.5 Å². The zero-order valence-corrected chi connectivity index (χ0v) is 12.6. The molecule has 0 saturated carbocycles. The van der Waals surface area contributed by atoms with Crippen molar-refractivity contribution in [2.75, 3.05) is 19.7 Å². The summed E-state index contributed by atoms with van der Waals surface area (Å²) in [5.74, 6) is 0.832. The maximum Gasteiger partial charge on any atom is 0.234 e. The van der Waals surface area contributed by atoms with Gasteiger partial charge >= 0.3 is 0 Å². The van der Waals surface area contributed by atoms with E-state index in [9.17, 15) is 4.79 Å². The number of carbonyl (C=O) groups excluding carboxylic acids is 1. The van der Waals surface area contributed by atoms with Gasteiger partial charge in [0.15, 0.2) is 0 Å². The van der Waals surface area contributed by atoms with E-state index in [1.165, 1.54) is 5.56 Å². The topological polar surface area (TPSA) is 74.2 Å². The van der Waals surface area contributed by atoms with Crippen molar-refractivity contribution < 1.29 is 9.53 Å². The summed E-state index contributed by atoms with van der Waals surface area (Å²) in [5.41, 5.74) is 2.26. The third-order valence-electron chi connectivity index (χ3n) is 2.99. The minimum absolute atomic E-state index is 0.104. The molecule has 1 aliphatic heterocycles. The van der Waals surface area contributed by atoms with Gasteiger partial charge in [-0.3, -0.25) is 4.79 Å². The van der Waals surface area contributed by atoms with E-state index in [0.29, 0.717) is 26.1 Å². The van der Waals surface area contributed by atoms with Crippen molar-refractivity contribution in [3.63, 3.8) is 0 Å². The predicted octanol–water partition coefficient (Wildman–Crippen LogP) is 1.50. The fraction of sp³-hybridized carbons (Fsp3) is 0.429. The van der Waals surface area contributed by atoms with Gasteiger partial charge in [-0.05, 0) is 17.7 Å². The van der Waals surface area contributed by atoms with Crippen molar-refractivity contribution in [3.8, 4) is 11.8 Å².